The van der Waals surface area contributed by atoms with Gasteiger partial charge in [0.05, 0.1) is 16.0 Å². The van der Waals surface area contributed by atoms with Crippen LogP contribution in [0.1, 0.15) is 61.4 Å². The van der Waals surface area contributed by atoms with Crippen molar-refractivity contribution in [2.24, 2.45) is 0 Å². The number of nitrogens with one attached hydrogen (secondary N) is 2. The Bertz CT molecular complexity index is 794. The predicted octanol–water partition coefficient (Wildman–Crippen LogP) is 5.53. The highest BCUT2D eigenvalue weighted by Gasteiger charge is 2.65. The van der Waals surface area contributed by atoms with Gasteiger partial charge in [-0.25, -0.2) is 0 Å². The van der Waals surface area contributed by atoms with Crippen LogP contribution in [0.4, 0.5) is 13.2 Å². The number of alkyl halides is 3. The third-order valence-electron chi connectivity index (χ3n) is 5.23. The van der Waals surface area contributed by atoms with E-state index in [1.807, 2.05) is 0 Å². The lowest BCUT2D eigenvalue weighted by Crippen LogP contribution is -2.33. The van der Waals surface area contributed by atoms with Crippen LogP contribution in [-0.4, -0.2) is 17.8 Å². The molecule has 3 nitrogen and oxygen atoms in total. The van der Waals surface area contributed by atoms with E-state index in [4.69, 9.17) is 17.0 Å². The van der Waals surface area contributed by atoms with E-state index in [1.54, 1.807) is 6.92 Å². The fourth-order valence-electron chi connectivity index (χ4n) is 3.64. The molecule has 2 aliphatic carbocycles. The second-order valence-electron chi connectivity index (χ2n) is 6.99. The summed E-state index contributed by atoms with van der Waals surface area (Å²) in [5, 5.41) is 10.6. The normalized spacial score (nSPS) is 19.3. The quantitative estimate of drug-likeness (QED) is 0.659. The van der Waals surface area contributed by atoms with Crippen molar-refractivity contribution < 1.29 is 18.0 Å². The van der Waals surface area contributed by atoms with Gasteiger partial charge < -0.3 is 10.7 Å². The second kappa shape index (κ2) is 6.72. The summed E-state index contributed by atoms with van der Waals surface area (Å²) in [5.74, 6) is -0.628. The van der Waals surface area contributed by atoms with Crippen molar-refractivity contribution >= 4 is 23.2 Å². The number of hydrogen-bond acceptors (Lipinski definition) is 2. The van der Waals surface area contributed by atoms with Crippen molar-refractivity contribution in [2.45, 2.75) is 57.0 Å². The molecule has 0 radical (unpaired) electrons. The van der Waals surface area contributed by atoms with E-state index in [2.05, 4.69) is 5.32 Å². The van der Waals surface area contributed by atoms with Gasteiger partial charge in [0.25, 0.3) is 5.91 Å². The van der Waals surface area contributed by atoms with Crippen molar-refractivity contribution in [3.8, 4) is 0 Å². The molecule has 0 aliphatic heterocycles. The summed E-state index contributed by atoms with van der Waals surface area (Å²) in [6.07, 6.45) is -1.41. The molecule has 0 atom stereocenters. The van der Waals surface area contributed by atoms with Gasteiger partial charge in [-0.2, -0.15) is 13.2 Å². The summed E-state index contributed by atoms with van der Waals surface area (Å²) < 4.78 is 40.7. The summed E-state index contributed by atoms with van der Waals surface area (Å²) >= 11 is 6.14. The molecule has 0 heterocycles. The van der Waals surface area contributed by atoms with Gasteiger partial charge in [0.2, 0.25) is 0 Å². The Morgan fingerprint density at radius 3 is 2.46 bits per heavy atom. The zero-order valence-corrected chi connectivity index (χ0v) is 15.2. The Labute approximate surface area is 155 Å². The minimum atomic E-state index is -4.42. The van der Waals surface area contributed by atoms with Gasteiger partial charge in [-0.1, -0.05) is 23.7 Å². The molecule has 140 valence electrons. The first kappa shape index (κ1) is 19.0. The standard InChI is InChI=1S/C19H20ClF3N2O/c1-11(24)12-5-2-3-8-15(12)25-17(26)16-13(6-4-7-14(16)20)18(9-10-18)19(21,22)23/h4,6-7,24H,2-3,5,8-10H2,1H3,(H,25,26). The molecule has 0 aromatic heterocycles. The van der Waals surface area contributed by atoms with Gasteiger partial charge in [0, 0.05) is 11.4 Å². The zero-order valence-electron chi connectivity index (χ0n) is 14.4. The first-order valence-corrected chi connectivity index (χ1v) is 9.00. The van der Waals surface area contributed by atoms with Crippen molar-refractivity contribution in [1.82, 2.24) is 5.32 Å². The van der Waals surface area contributed by atoms with Crippen LogP contribution in [0.3, 0.4) is 0 Å². The van der Waals surface area contributed by atoms with E-state index in [9.17, 15) is 18.0 Å². The topological polar surface area (TPSA) is 53.0 Å². The lowest BCUT2D eigenvalue weighted by atomic mass is 9.89. The number of halogens is 4. The average Bonchev–Trinajstić information content (AvgIpc) is 3.36. The van der Waals surface area contributed by atoms with Gasteiger partial charge in [-0.05, 0) is 62.7 Å². The van der Waals surface area contributed by atoms with Crippen LogP contribution in [0.15, 0.2) is 29.5 Å². The largest absolute Gasteiger partial charge is 0.398 e. The van der Waals surface area contributed by atoms with E-state index >= 15 is 0 Å². The average molecular weight is 385 g/mol. The maximum absolute atomic E-state index is 13.6. The third-order valence-corrected chi connectivity index (χ3v) is 5.55. The van der Waals surface area contributed by atoms with Crippen LogP contribution in [0, 0.1) is 5.41 Å². The highest BCUT2D eigenvalue weighted by atomic mass is 35.5. The summed E-state index contributed by atoms with van der Waals surface area (Å²) in [4.78, 5) is 12.9. The molecule has 1 aromatic rings. The van der Waals surface area contributed by atoms with Crippen molar-refractivity contribution in [3.63, 3.8) is 0 Å². The fraction of sp³-hybridized carbons (Fsp3) is 0.474. The highest BCUT2D eigenvalue weighted by Crippen LogP contribution is 2.60. The molecule has 0 bridgehead atoms. The van der Waals surface area contributed by atoms with Crippen LogP contribution in [0.5, 0.6) is 0 Å². The molecule has 0 unspecified atom stereocenters. The minimum absolute atomic E-state index is 0.0139. The number of carbonyl (C=O) groups is 1. The SMILES string of the molecule is CC(=N)C1=C(NC(=O)c2c(Cl)cccc2C2(C(F)(F)F)CC2)CCCC1. The molecule has 2 N–H and O–H groups in total. The molecule has 1 aromatic carbocycles. The van der Waals surface area contributed by atoms with E-state index < -0.39 is 17.5 Å². The first-order chi connectivity index (χ1) is 12.2. The van der Waals surface area contributed by atoms with Crippen LogP contribution >= 0.6 is 11.6 Å². The van der Waals surface area contributed by atoms with E-state index in [1.165, 1.54) is 18.2 Å². The summed E-state index contributed by atoms with van der Waals surface area (Å²) in [6, 6.07) is 4.23. The zero-order chi connectivity index (χ0) is 19.1. The highest BCUT2D eigenvalue weighted by molar-refractivity contribution is 6.34. The fourth-order valence-corrected chi connectivity index (χ4v) is 3.90. The third kappa shape index (κ3) is 3.27. The van der Waals surface area contributed by atoms with Crippen molar-refractivity contribution in [1.29, 1.82) is 5.41 Å². The predicted molar refractivity (Wildman–Crippen MR) is 94.8 cm³/mol. The van der Waals surface area contributed by atoms with Crippen molar-refractivity contribution in [2.75, 3.05) is 0 Å². The Hall–Kier alpha value is -1.82. The maximum Gasteiger partial charge on any atom is 0.398 e. The molecule has 1 fully saturated rings. The molecule has 26 heavy (non-hydrogen) atoms. The number of hydrogen-bond donors (Lipinski definition) is 2. The number of amides is 1. The van der Waals surface area contributed by atoms with Crippen LogP contribution in [-0.2, 0) is 5.41 Å². The lowest BCUT2D eigenvalue weighted by molar-refractivity contribution is -0.160. The monoisotopic (exact) mass is 384 g/mol. The van der Waals surface area contributed by atoms with Crippen LogP contribution < -0.4 is 5.32 Å². The van der Waals surface area contributed by atoms with Gasteiger partial charge in [0.1, 0.15) is 0 Å². The summed E-state index contributed by atoms with van der Waals surface area (Å²) in [7, 11) is 0. The van der Waals surface area contributed by atoms with Gasteiger partial charge in [0.15, 0.2) is 0 Å². The second-order valence-corrected chi connectivity index (χ2v) is 7.39. The molecular weight excluding hydrogens is 365 g/mol. The van der Waals surface area contributed by atoms with Crippen molar-refractivity contribution in [3.05, 3.63) is 45.6 Å². The lowest BCUT2D eigenvalue weighted by Gasteiger charge is -2.24. The van der Waals surface area contributed by atoms with Gasteiger partial charge in [-0.15, -0.1) is 0 Å². The Morgan fingerprint density at radius 1 is 1.23 bits per heavy atom. The van der Waals surface area contributed by atoms with Gasteiger partial charge >= 0.3 is 6.18 Å². The number of rotatable bonds is 4. The van der Waals surface area contributed by atoms with Crippen LogP contribution in [0.2, 0.25) is 5.02 Å². The Kier molecular flexibility index (Phi) is 4.90. The maximum atomic E-state index is 13.6. The molecule has 0 saturated heterocycles. The molecule has 2 aliphatic rings. The van der Waals surface area contributed by atoms with Gasteiger partial charge in [-0.3, -0.25) is 4.79 Å². The molecule has 3 rings (SSSR count). The molecule has 7 heteroatoms. The number of carbonyl (C=O) groups excluding carboxylic acids is 1. The Morgan fingerprint density at radius 2 is 1.88 bits per heavy atom. The smallest absolute Gasteiger partial charge is 0.325 e. The van der Waals surface area contributed by atoms with E-state index in [-0.39, 0.29) is 29.0 Å². The molecule has 1 amide bonds. The number of allylic oxidation sites excluding steroid dienone is 2. The first-order valence-electron chi connectivity index (χ1n) is 8.62. The Balaban J connectivity index is 2.00. The van der Waals surface area contributed by atoms with Crippen LogP contribution in [0.25, 0.3) is 0 Å². The minimum Gasteiger partial charge on any atom is -0.325 e. The molecular formula is C19H20ClF3N2O. The summed E-state index contributed by atoms with van der Waals surface area (Å²) in [6.45, 7) is 1.65. The number of benzene rings is 1. The molecule has 1 saturated carbocycles. The summed E-state index contributed by atoms with van der Waals surface area (Å²) in [5.41, 5.74) is -0.394. The van der Waals surface area contributed by atoms with E-state index in [0.717, 1.165) is 18.4 Å². The molecule has 0 spiro atoms. The van der Waals surface area contributed by atoms with E-state index in [0.29, 0.717) is 24.3 Å².